The van der Waals surface area contributed by atoms with Crippen molar-refractivity contribution >= 4 is 22.6 Å². The monoisotopic (exact) mass is 336 g/mol. The molecule has 4 rings (SSSR count). The molecule has 0 saturated heterocycles. The van der Waals surface area contributed by atoms with Crippen molar-refractivity contribution < 1.29 is 0 Å². The largest absolute Gasteiger partial charge is 0.337 e. The average Bonchev–Trinajstić information content (AvgIpc) is 3.17. The summed E-state index contributed by atoms with van der Waals surface area (Å²) in [5.74, 6) is 0.759. The highest BCUT2D eigenvalue weighted by molar-refractivity contribution is 6.32. The van der Waals surface area contributed by atoms with Crippen LogP contribution >= 0.6 is 11.6 Å². The Morgan fingerprint density at radius 2 is 1.75 bits per heavy atom. The van der Waals surface area contributed by atoms with E-state index >= 15 is 0 Å². The van der Waals surface area contributed by atoms with Crippen molar-refractivity contribution in [3.8, 4) is 22.8 Å². The quantitative estimate of drug-likeness (QED) is 0.528. The Kier molecular flexibility index (Phi) is 3.43. The summed E-state index contributed by atoms with van der Waals surface area (Å²) in [7, 11) is 0. The molecule has 0 aliphatic carbocycles. The molecule has 0 bridgehead atoms. The Balaban J connectivity index is 1.75. The fourth-order valence-electron chi connectivity index (χ4n) is 2.76. The second kappa shape index (κ2) is 5.49. The molecular formula is C19H17ClN4. The van der Waals surface area contributed by atoms with Crippen LogP contribution in [-0.2, 0) is 0 Å². The number of fused-ring (bicyclic) bond motifs is 1. The first kappa shape index (κ1) is 15.0. The SMILES string of the molecule is Cc1ccc(-c2cc(-c3nc4cc(Cl)c(C)cc4[nH]3)[nH]n2)cc1C. The zero-order valence-electron chi connectivity index (χ0n) is 13.7. The van der Waals surface area contributed by atoms with Gasteiger partial charge in [-0.2, -0.15) is 5.10 Å². The standard InChI is InChI=1S/C19H17ClN4/c1-10-4-5-13(6-11(10)2)15-9-18(24-23-15)19-21-16-7-12(3)14(20)8-17(16)22-19/h4-9H,1-3H3,(H,21,22)(H,23,24). The molecule has 4 nitrogen and oxygen atoms in total. The highest BCUT2D eigenvalue weighted by Crippen LogP contribution is 2.27. The van der Waals surface area contributed by atoms with E-state index in [1.807, 2.05) is 25.1 Å². The van der Waals surface area contributed by atoms with Crippen LogP contribution < -0.4 is 0 Å². The van der Waals surface area contributed by atoms with Crippen molar-refractivity contribution in [2.45, 2.75) is 20.8 Å². The van der Waals surface area contributed by atoms with Gasteiger partial charge in [-0.25, -0.2) is 4.98 Å². The zero-order valence-corrected chi connectivity index (χ0v) is 14.5. The number of aromatic amines is 2. The topological polar surface area (TPSA) is 57.4 Å². The summed E-state index contributed by atoms with van der Waals surface area (Å²) in [6, 6.07) is 12.3. The van der Waals surface area contributed by atoms with Gasteiger partial charge in [0, 0.05) is 10.6 Å². The van der Waals surface area contributed by atoms with Crippen LogP contribution in [0.1, 0.15) is 16.7 Å². The molecule has 0 aliphatic heterocycles. The number of rotatable bonds is 2. The maximum absolute atomic E-state index is 6.18. The Morgan fingerprint density at radius 3 is 2.54 bits per heavy atom. The third-order valence-electron chi connectivity index (χ3n) is 4.40. The Morgan fingerprint density at radius 1 is 0.917 bits per heavy atom. The van der Waals surface area contributed by atoms with Crippen molar-refractivity contribution in [2.24, 2.45) is 0 Å². The molecule has 0 atom stereocenters. The van der Waals surface area contributed by atoms with Crippen molar-refractivity contribution in [3.05, 3.63) is 58.1 Å². The molecule has 0 unspecified atom stereocenters. The molecule has 2 heterocycles. The van der Waals surface area contributed by atoms with Crippen LogP contribution in [0.15, 0.2) is 36.4 Å². The van der Waals surface area contributed by atoms with Crippen LogP contribution in [0.4, 0.5) is 0 Å². The summed E-state index contributed by atoms with van der Waals surface area (Å²) in [4.78, 5) is 7.94. The number of hydrogen-bond acceptors (Lipinski definition) is 2. The van der Waals surface area contributed by atoms with Crippen molar-refractivity contribution in [1.82, 2.24) is 20.2 Å². The maximum Gasteiger partial charge on any atom is 0.156 e. The lowest BCUT2D eigenvalue weighted by atomic mass is 10.0. The van der Waals surface area contributed by atoms with Crippen LogP contribution in [0.25, 0.3) is 33.8 Å². The van der Waals surface area contributed by atoms with E-state index in [1.165, 1.54) is 11.1 Å². The van der Waals surface area contributed by atoms with E-state index < -0.39 is 0 Å². The second-order valence-corrected chi connectivity index (χ2v) is 6.58. The van der Waals surface area contributed by atoms with Gasteiger partial charge in [-0.3, -0.25) is 5.10 Å². The number of aromatic nitrogens is 4. The molecule has 0 radical (unpaired) electrons. The molecule has 2 aromatic heterocycles. The number of nitrogens with zero attached hydrogens (tertiary/aromatic N) is 2. The highest BCUT2D eigenvalue weighted by atomic mass is 35.5. The molecule has 24 heavy (non-hydrogen) atoms. The lowest BCUT2D eigenvalue weighted by molar-refractivity contribution is 1.08. The van der Waals surface area contributed by atoms with Gasteiger partial charge in [0.15, 0.2) is 5.82 Å². The smallest absolute Gasteiger partial charge is 0.156 e. The van der Waals surface area contributed by atoms with Crippen LogP contribution in [0.3, 0.4) is 0 Å². The summed E-state index contributed by atoms with van der Waals surface area (Å²) in [5, 5.41) is 8.22. The minimum absolute atomic E-state index is 0.723. The molecule has 5 heteroatoms. The van der Waals surface area contributed by atoms with Gasteiger partial charge in [0.1, 0.15) is 5.69 Å². The number of aryl methyl sites for hydroxylation is 3. The molecule has 120 valence electrons. The van der Waals surface area contributed by atoms with Gasteiger partial charge in [-0.05, 0) is 61.7 Å². The predicted molar refractivity (Wildman–Crippen MR) is 98.3 cm³/mol. The number of hydrogen-bond donors (Lipinski definition) is 2. The second-order valence-electron chi connectivity index (χ2n) is 6.17. The molecule has 2 N–H and O–H groups in total. The molecule has 0 spiro atoms. The first-order chi connectivity index (χ1) is 11.5. The van der Waals surface area contributed by atoms with Crippen LogP contribution in [-0.4, -0.2) is 20.2 Å². The molecule has 0 amide bonds. The molecule has 2 aromatic carbocycles. The van der Waals surface area contributed by atoms with Crippen LogP contribution in [0.5, 0.6) is 0 Å². The first-order valence-corrected chi connectivity index (χ1v) is 8.18. The van der Waals surface area contributed by atoms with Gasteiger partial charge < -0.3 is 4.98 Å². The molecule has 4 aromatic rings. The summed E-state index contributed by atoms with van der Waals surface area (Å²) >= 11 is 6.18. The highest BCUT2D eigenvalue weighted by Gasteiger charge is 2.11. The van der Waals surface area contributed by atoms with Crippen LogP contribution in [0.2, 0.25) is 5.02 Å². The van der Waals surface area contributed by atoms with E-state index in [9.17, 15) is 0 Å². The van der Waals surface area contributed by atoms with Gasteiger partial charge in [-0.15, -0.1) is 0 Å². The Hall–Kier alpha value is -2.59. The maximum atomic E-state index is 6.18. The van der Waals surface area contributed by atoms with E-state index in [-0.39, 0.29) is 0 Å². The van der Waals surface area contributed by atoms with Crippen molar-refractivity contribution in [2.75, 3.05) is 0 Å². The minimum atomic E-state index is 0.723. The fourth-order valence-corrected chi connectivity index (χ4v) is 2.92. The van der Waals surface area contributed by atoms with Gasteiger partial charge in [-0.1, -0.05) is 23.7 Å². The molecule has 0 aliphatic rings. The van der Waals surface area contributed by atoms with Gasteiger partial charge >= 0.3 is 0 Å². The molecular weight excluding hydrogens is 320 g/mol. The van der Waals surface area contributed by atoms with E-state index in [4.69, 9.17) is 11.6 Å². The lowest BCUT2D eigenvalue weighted by Gasteiger charge is -2.01. The fraction of sp³-hybridized carbons (Fsp3) is 0.158. The number of H-pyrrole nitrogens is 2. The Bertz CT molecular complexity index is 1020. The minimum Gasteiger partial charge on any atom is -0.337 e. The third kappa shape index (κ3) is 2.49. The Labute approximate surface area is 144 Å². The van der Waals surface area contributed by atoms with E-state index in [2.05, 4.69) is 52.2 Å². The summed E-state index contributed by atoms with van der Waals surface area (Å²) in [6.45, 7) is 6.20. The summed E-state index contributed by atoms with van der Waals surface area (Å²) in [6.07, 6.45) is 0. The third-order valence-corrected chi connectivity index (χ3v) is 4.81. The van der Waals surface area contributed by atoms with E-state index in [0.717, 1.165) is 44.4 Å². The van der Waals surface area contributed by atoms with Gasteiger partial charge in [0.25, 0.3) is 0 Å². The predicted octanol–water partition coefficient (Wildman–Crippen LogP) is 5.20. The normalized spacial score (nSPS) is 11.3. The first-order valence-electron chi connectivity index (χ1n) is 7.80. The molecule has 0 fully saturated rings. The lowest BCUT2D eigenvalue weighted by Crippen LogP contribution is -1.83. The van der Waals surface area contributed by atoms with E-state index in [0.29, 0.717) is 0 Å². The summed E-state index contributed by atoms with van der Waals surface area (Å²) < 4.78 is 0. The van der Waals surface area contributed by atoms with Crippen molar-refractivity contribution in [3.63, 3.8) is 0 Å². The average molecular weight is 337 g/mol. The van der Waals surface area contributed by atoms with Crippen molar-refractivity contribution in [1.29, 1.82) is 0 Å². The molecule has 0 saturated carbocycles. The van der Waals surface area contributed by atoms with Gasteiger partial charge in [0.05, 0.1) is 16.7 Å². The summed E-state index contributed by atoms with van der Waals surface area (Å²) in [5.41, 5.74) is 8.23. The number of imidazole rings is 1. The zero-order chi connectivity index (χ0) is 16.8. The van der Waals surface area contributed by atoms with E-state index in [1.54, 1.807) is 0 Å². The number of halogens is 1. The number of nitrogens with one attached hydrogen (secondary N) is 2. The van der Waals surface area contributed by atoms with Gasteiger partial charge in [0.2, 0.25) is 0 Å². The van der Waals surface area contributed by atoms with Crippen LogP contribution in [0, 0.1) is 20.8 Å². The number of benzene rings is 2.